The molecule has 2 rings (SSSR count). The summed E-state index contributed by atoms with van der Waals surface area (Å²) in [4.78, 5) is 28.0. The van der Waals surface area contributed by atoms with Crippen molar-refractivity contribution in [2.75, 3.05) is 11.4 Å². The minimum Gasteiger partial charge on any atom is -0.481 e. The number of halogens is 2. The fraction of sp³-hybridized carbons (Fsp3) is 0.364. The topological polar surface area (TPSA) is 70.5 Å². The zero-order valence-electron chi connectivity index (χ0n) is 9.48. The Morgan fingerprint density at radius 3 is 2.72 bits per heavy atom. The number of rotatable bonds is 2. The van der Waals surface area contributed by atoms with Gasteiger partial charge in [0.2, 0.25) is 5.91 Å². The summed E-state index contributed by atoms with van der Waals surface area (Å²) < 4.78 is 0. The molecule has 0 saturated carbocycles. The predicted molar refractivity (Wildman–Crippen MR) is 67.1 cm³/mol. The lowest BCUT2D eigenvalue weighted by atomic mass is 10.1. The van der Waals surface area contributed by atoms with Gasteiger partial charge in [0.1, 0.15) is 5.15 Å². The van der Waals surface area contributed by atoms with E-state index in [1.54, 1.807) is 13.0 Å². The summed E-state index contributed by atoms with van der Waals surface area (Å²) in [7, 11) is 0. The third kappa shape index (κ3) is 2.28. The number of anilines is 1. The fourth-order valence-corrected chi connectivity index (χ4v) is 2.64. The molecule has 1 saturated heterocycles. The molecule has 1 aromatic rings. The van der Waals surface area contributed by atoms with Gasteiger partial charge < -0.3 is 10.0 Å². The predicted octanol–water partition coefficient (Wildman–Crippen LogP) is 2.13. The fourth-order valence-electron chi connectivity index (χ4n) is 2.00. The molecule has 0 aromatic carbocycles. The molecule has 2 heterocycles. The Morgan fingerprint density at radius 1 is 1.56 bits per heavy atom. The summed E-state index contributed by atoms with van der Waals surface area (Å²) in [5.41, 5.74) is 1.13. The van der Waals surface area contributed by atoms with Crippen LogP contribution in [0.4, 0.5) is 5.69 Å². The second-order valence-corrected chi connectivity index (χ2v) is 4.89. The molecule has 0 radical (unpaired) electrons. The molecule has 1 atom stereocenters. The Morgan fingerprint density at radius 2 is 2.22 bits per heavy atom. The molecule has 1 aromatic heterocycles. The molecule has 0 bridgehead atoms. The van der Waals surface area contributed by atoms with Gasteiger partial charge in [-0.25, -0.2) is 4.98 Å². The largest absolute Gasteiger partial charge is 0.481 e. The molecule has 7 heteroatoms. The second kappa shape index (κ2) is 4.74. The van der Waals surface area contributed by atoms with E-state index in [-0.39, 0.29) is 29.2 Å². The summed E-state index contributed by atoms with van der Waals surface area (Å²) in [6, 6.07) is 1.59. The van der Waals surface area contributed by atoms with E-state index in [1.165, 1.54) is 4.90 Å². The van der Waals surface area contributed by atoms with Crippen molar-refractivity contribution in [2.45, 2.75) is 13.3 Å². The molecule has 0 spiro atoms. The molecule has 96 valence electrons. The van der Waals surface area contributed by atoms with Crippen LogP contribution in [0.5, 0.6) is 0 Å². The van der Waals surface area contributed by atoms with Gasteiger partial charge in [-0.05, 0) is 18.6 Å². The minimum absolute atomic E-state index is 0.0201. The minimum atomic E-state index is -0.985. The molecular formula is C11H10Cl2N2O3. The summed E-state index contributed by atoms with van der Waals surface area (Å²) in [6.45, 7) is 1.86. The maximum absolute atomic E-state index is 11.8. The average molecular weight is 289 g/mol. The van der Waals surface area contributed by atoms with Crippen LogP contribution in [0.3, 0.4) is 0 Å². The van der Waals surface area contributed by atoms with Gasteiger partial charge in [0.05, 0.1) is 11.6 Å². The number of nitrogens with zero attached hydrogens (tertiary/aromatic N) is 2. The lowest BCUT2D eigenvalue weighted by Gasteiger charge is -2.19. The van der Waals surface area contributed by atoms with Crippen LogP contribution in [-0.2, 0) is 9.59 Å². The van der Waals surface area contributed by atoms with Crippen LogP contribution in [0.2, 0.25) is 10.3 Å². The van der Waals surface area contributed by atoms with Gasteiger partial charge in [0, 0.05) is 13.0 Å². The molecule has 18 heavy (non-hydrogen) atoms. The van der Waals surface area contributed by atoms with Crippen LogP contribution in [-0.4, -0.2) is 28.5 Å². The van der Waals surface area contributed by atoms with Crippen LogP contribution >= 0.6 is 23.2 Å². The Kier molecular flexibility index (Phi) is 3.45. The van der Waals surface area contributed by atoms with E-state index < -0.39 is 11.9 Å². The number of carboxylic acid groups (broad SMARTS) is 1. The number of aryl methyl sites for hydroxylation is 1. The molecule has 1 fully saturated rings. The van der Waals surface area contributed by atoms with Crippen LogP contribution in [0.25, 0.3) is 0 Å². The molecule has 0 aliphatic carbocycles. The highest BCUT2D eigenvalue weighted by Crippen LogP contribution is 2.34. The first kappa shape index (κ1) is 13.1. The van der Waals surface area contributed by atoms with Gasteiger partial charge in [-0.3, -0.25) is 9.59 Å². The number of amides is 1. The molecule has 1 amide bonds. The standard InChI is InChI=1S/C11H10Cl2N2O3/c1-5-2-7(12)14-10(13)9(5)15-4-6(11(17)18)3-8(15)16/h2,6H,3-4H2,1H3,(H,17,18). The number of aliphatic carboxylic acids is 1. The Balaban J connectivity index is 2.39. The van der Waals surface area contributed by atoms with E-state index in [0.29, 0.717) is 11.3 Å². The van der Waals surface area contributed by atoms with E-state index in [0.717, 1.165) is 0 Å². The van der Waals surface area contributed by atoms with Gasteiger partial charge >= 0.3 is 5.97 Å². The monoisotopic (exact) mass is 288 g/mol. The van der Waals surface area contributed by atoms with Gasteiger partial charge in [-0.15, -0.1) is 0 Å². The highest BCUT2D eigenvalue weighted by atomic mass is 35.5. The zero-order valence-corrected chi connectivity index (χ0v) is 11.0. The lowest BCUT2D eigenvalue weighted by molar-refractivity contribution is -0.141. The first-order chi connectivity index (χ1) is 8.40. The molecule has 5 nitrogen and oxygen atoms in total. The number of hydrogen-bond donors (Lipinski definition) is 1. The molecular weight excluding hydrogens is 279 g/mol. The highest BCUT2D eigenvalue weighted by Gasteiger charge is 2.36. The Labute approximate surface area is 113 Å². The summed E-state index contributed by atoms with van der Waals surface area (Å²) in [6.07, 6.45) is -0.0201. The summed E-state index contributed by atoms with van der Waals surface area (Å²) in [5, 5.41) is 9.28. The van der Waals surface area contributed by atoms with Crippen molar-refractivity contribution >= 4 is 40.8 Å². The molecule has 1 N–H and O–H groups in total. The quantitative estimate of drug-likeness (QED) is 0.847. The van der Waals surface area contributed by atoms with Crippen molar-refractivity contribution in [2.24, 2.45) is 5.92 Å². The molecule has 1 aliphatic rings. The van der Waals surface area contributed by atoms with Gasteiger partial charge in [-0.2, -0.15) is 0 Å². The van der Waals surface area contributed by atoms with E-state index in [1.807, 2.05) is 0 Å². The maximum Gasteiger partial charge on any atom is 0.308 e. The van der Waals surface area contributed by atoms with Crippen molar-refractivity contribution in [3.05, 3.63) is 21.9 Å². The average Bonchev–Trinajstić information content (AvgIpc) is 2.59. The van der Waals surface area contributed by atoms with Gasteiger partial charge in [0.15, 0.2) is 5.15 Å². The molecule has 1 aliphatic heterocycles. The SMILES string of the molecule is Cc1cc(Cl)nc(Cl)c1N1CC(C(=O)O)CC1=O. The van der Waals surface area contributed by atoms with E-state index in [2.05, 4.69) is 4.98 Å². The first-order valence-corrected chi connectivity index (χ1v) is 6.01. The van der Waals surface area contributed by atoms with Crippen molar-refractivity contribution in [1.82, 2.24) is 4.98 Å². The number of aromatic nitrogens is 1. The smallest absolute Gasteiger partial charge is 0.308 e. The Hall–Kier alpha value is -1.33. The van der Waals surface area contributed by atoms with Crippen LogP contribution in [0, 0.1) is 12.8 Å². The van der Waals surface area contributed by atoms with Crippen LogP contribution < -0.4 is 4.90 Å². The number of hydrogen-bond acceptors (Lipinski definition) is 3. The first-order valence-electron chi connectivity index (χ1n) is 5.26. The summed E-state index contributed by atoms with van der Waals surface area (Å²) >= 11 is 11.7. The van der Waals surface area contributed by atoms with E-state index in [9.17, 15) is 9.59 Å². The van der Waals surface area contributed by atoms with Gasteiger partial charge in [-0.1, -0.05) is 23.2 Å². The number of carboxylic acids is 1. The highest BCUT2D eigenvalue weighted by molar-refractivity contribution is 6.35. The third-order valence-corrected chi connectivity index (χ3v) is 3.31. The third-order valence-electron chi connectivity index (χ3n) is 2.85. The number of carbonyl (C=O) groups is 2. The van der Waals surface area contributed by atoms with Crippen molar-refractivity contribution in [1.29, 1.82) is 0 Å². The lowest BCUT2D eigenvalue weighted by Crippen LogP contribution is -2.27. The number of pyridine rings is 1. The zero-order chi connectivity index (χ0) is 13.4. The molecule has 1 unspecified atom stereocenters. The van der Waals surface area contributed by atoms with Crippen LogP contribution in [0.1, 0.15) is 12.0 Å². The van der Waals surface area contributed by atoms with Crippen molar-refractivity contribution in [3.63, 3.8) is 0 Å². The van der Waals surface area contributed by atoms with E-state index in [4.69, 9.17) is 28.3 Å². The van der Waals surface area contributed by atoms with Crippen molar-refractivity contribution in [3.8, 4) is 0 Å². The Bertz CT molecular complexity index is 510. The summed E-state index contributed by atoms with van der Waals surface area (Å²) in [5.74, 6) is -1.96. The normalized spacial score (nSPS) is 19.4. The van der Waals surface area contributed by atoms with Gasteiger partial charge in [0.25, 0.3) is 0 Å². The van der Waals surface area contributed by atoms with Crippen molar-refractivity contribution < 1.29 is 14.7 Å². The van der Waals surface area contributed by atoms with E-state index >= 15 is 0 Å². The number of carbonyl (C=O) groups excluding carboxylic acids is 1. The maximum atomic E-state index is 11.8. The second-order valence-electron chi connectivity index (χ2n) is 4.14. The van der Waals surface area contributed by atoms with Crippen LogP contribution in [0.15, 0.2) is 6.07 Å².